The molecular formula is C27H30ClNO5. The Balaban J connectivity index is 1.67. The van der Waals surface area contributed by atoms with E-state index in [1.807, 2.05) is 32.0 Å². The van der Waals surface area contributed by atoms with E-state index in [9.17, 15) is 9.59 Å². The number of ketones is 1. The van der Waals surface area contributed by atoms with Crippen LogP contribution in [0.15, 0.2) is 57.3 Å². The number of carbonyl (C=O) groups excluding carboxylic acids is 2. The van der Waals surface area contributed by atoms with Crippen molar-refractivity contribution in [2.45, 2.75) is 60.0 Å². The van der Waals surface area contributed by atoms with Gasteiger partial charge in [0.1, 0.15) is 23.9 Å². The Bertz CT molecular complexity index is 1200. The van der Waals surface area contributed by atoms with Gasteiger partial charge in [-0.1, -0.05) is 25.4 Å². The van der Waals surface area contributed by atoms with Gasteiger partial charge in [0.25, 0.3) is 0 Å². The third-order valence-corrected chi connectivity index (χ3v) is 6.64. The van der Waals surface area contributed by atoms with Crippen LogP contribution >= 0.6 is 11.6 Å². The van der Waals surface area contributed by atoms with Crippen molar-refractivity contribution in [2.75, 3.05) is 6.61 Å². The molecule has 4 rings (SSSR count). The average Bonchev–Trinajstić information content (AvgIpc) is 3.21. The van der Waals surface area contributed by atoms with Gasteiger partial charge in [0.15, 0.2) is 5.78 Å². The molecule has 0 saturated carbocycles. The summed E-state index contributed by atoms with van der Waals surface area (Å²) >= 11 is 6.09. The monoisotopic (exact) mass is 483 g/mol. The number of esters is 1. The van der Waals surface area contributed by atoms with E-state index in [-0.39, 0.29) is 24.4 Å². The van der Waals surface area contributed by atoms with Crippen LogP contribution in [0, 0.1) is 12.3 Å². The second kappa shape index (κ2) is 9.34. The zero-order valence-electron chi connectivity index (χ0n) is 20.2. The van der Waals surface area contributed by atoms with Crippen LogP contribution in [0.3, 0.4) is 0 Å². The second-order valence-corrected chi connectivity index (χ2v) is 10.1. The SMILES string of the molecule is CCOC(=O)C1=C(C)NC2=C(C(=O)CC(C)(C)C2)[C@H]1c1ccc(COc2ccc(Cl)c(C)c2)o1. The summed E-state index contributed by atoms with van der Waals surface area (Å²) in [5.74, 6) is 0.740. The van der Waals surface area contributed by atoms with E-state index in [1.165, 1.54) is 0 Å². The third kappa shape index (κ3) is 4.78. The second-order valence-electron chi connectivity index (χ2n) is 9.65. The number of hydrogen-bond acceptors (Lipinski definition) is 6. The number of nitrogens with one attached hydrogen (secondary N) is 1. The van der Waals surface area contributed by atoms with Crippen LogP contribution in [-0.2, 0) is 20.9 Å². The quantitative estimate of drug-likeness (QED) is 0.508. The fourth-order valence-corrected chi connectivity index (χ4v) is 4.81. The molecule has 0 amide bonds. The van der Waals surface area contributed by atoms with Gasteiger partial charge in [0, 0.05) is 28.4 Å². The van der Waals surface area contributed by atoms with E-state index in [2.05, 4.69) is 19.2 Å². The molecule has 2 aromatic rings. The summed E-state index contributed by atoms with van der Waals surface area (Å²) < 4.78 is 17.4. The highest BCUT2D eigenvalue weighted by Gasteiger charge is 2.44. The van der Waals surface area contributed by atoms with E-state index >= 15 is 0 Å². The Kier molecular flexibility index (Phi) is 6.63. The lowest BCUT2D eigenvalue weighted by atomic mass is 9.69. The topological polar surface area (TPSA) is 77.8 Å². The molecule has 0 unspecified atom stereocenters. The molecule has 1 aliphatic heterocycles. The number of ether oxygens (including phenoxy) is 2. The molecule has 1 aliphatic carbocycles. The zero-order chi connectivity index (χ0) is 24.6. The Labute approximate surface area is 204 Å². The van der Waals surface area contributed by atoms with E-state index < -0.39 is 11.9 Å². The number of aryl methyl sites for hydroxylation is 1. The lowest BCUT2D eigenvalue weighted by molar-refractivity contribution is -0.138. The van der Waals surface area contributed by atoms with Gasteiger partial charge in [-0.15, -0.1) is 0 Å². The number of rotatable bonds is 6. The third-order valence-electron chi connectivity index (χ3n) is 6.21. The Hall–Kier alpha value is -2.99. The summed E-state index contributed by atoms with van der Waals surface area (Å²) in [4.78, 5) is 26.2. The van der Waals surface area contributed by atoms with Crippen molar-refractivity contribution < 1.29 is 23.5 Å². The lowest BCUT2D eigenvalue weighted by Gasteiger charge is -2.38. The van der Waals surface area contributed by atoms with Crippen LogP contribution in [0.1, 0.15) is 63.5 Å². The number of Topliss-reactive ketones (excluding diaryl/α,β-unsaturated/α-hetero) is 1. The maximum absolute atomic E-state index is 13.3. The predicted octanol–water partition coefficient (Wildman–Crippen LogP) is 5.99. The van der Waals surface area contributed by atoms with Crippen molar-refractivity contribution >= 4 is 23.4 Å². The van der Waals surface area contributed by atoms with E-state index in [4.69, 9.17) is 25.5 Å². The van der Waals surface area contributed by atoms with Crippen molar-refractivity contribution in [3.05, 3.63) is 75.0 Å². The van der Waals surface area contributed by atoms with Crippen LogP contribution in [0.2, 0.25) is 5.02 Å². The van der Waals surface area contributed by atoms with Gasteiger partial charge in [-0.05, 0) is 68.5 Å². The van der Waals surface area contributed by atoms with Gasteiger partial charge < -0.3 is 19.2 Å². The molecule has 2 heterocycles. The molecule has 1 atom stereocenters. The molecule has 0 saturated heterocycles. The first-order valence-corrected chi connectivity index (χ1v) is 11.9. The highest BCUT2D eigenvalue weighted by Crippen LogP contribution is 2.47. The molecule has 1 aromatic carbocycles. The maximum Gasteiger partial charge on any atom is 0.336 e. The highest BCUT2D eigenvalue weighted by atomic mass is 35.5. The summed E-state index contributed by atoms with van der Waals surface area (Å²) in [5.41, 5.74) is 3.29. The van der Waals surface area contributed by atoms with E-state index in [0.29, 0.717) is 52.0 Å². The molecule has 0 spiro atoms. The fraction of sp³-hybridized carbons (Fsp3) is 0.407. The lowest BCUT2D eigenvalue weighted by Crippen LogP contribution is -2.38. The van der Waals surface area contributed by atoms with Crippen molar-refractivity contribution in [1.29, 1.82) is 0 Å². The zero-order valence-corrected chi connectivity index (χ0v) is 21.0. The van der Waals surface area contributed by atoms with Crippen molar-refractivity contribution in [2.24, 2.45) is 5.41 Å². The first kappa shape index (κ1) is 24.1. The minimum atomic E-state index is -0.620. The normalized spacial score (nSPS) is 19.6. The van der Waals surface area contributed by atoms with Gasteiger partial charge in [0.05, 0.1) is 18.1 Å². The molecule has 0 radical (unpaired) electrons. The number of benzene rings is 1. The highest BCUT2D eigenvalue weighted by molar-refractivity contribution is 6.31. The van der Waals surface area contributed by atoms with E-state index in [1.54, 1.807) is 19.1 Å². The van der Waals surface area contributed by atoms with Gasteiger partial charge in [0.2, 0.25) is 0 Å². The van der Waals surface area contributed by atoms with Crippen molar-refractivity contribution in [3.63, 3.8) is 0 Å². The smallest absolute Gasteiger partial charge is 0.336 e. The number of allylic oxidation sites excluding steroid dienone is 3. The van der Waals surface area contributed by atoms with Crippen LogP contribution in [0.4, 0.5) is 0 Å². The first-order chi connectivity index (χ1) is 16.1. The van der Waals surface area contributed by atoms with Crippen LogP contribution < -0.4 is 10.1 Å². The molecule has 34 heavy (non-hydrogen) atoms. The molecule has 6 nitrogen and oxygen atoms in total. The van der Waals surface area contributed by atoms with Crippen molar-refractivity contribution in [1.82, 2.24) is 5.32 Å². The number of dihydropyridines is 1. The summed E-state index contributed by atoms with van der Waals surface area (Å²) in [6, 6.07) is 9.08. The first-order valence-electron chi connectivity index (χ1n) is 11.5. The molecule has 1 aromatic heterocycles. The van der Waals surface area contributed by atoms with Gasteiger partial charge in [-0.2, -0.15) is 0 Å². The Morgan fingerprint density at radius 3 is 2.68 bits per heavy atom. The minimum Gasteiger partial charge on any atom is -0.486 e. The molecule has 1 N–H and O–H groups in total. The Morgan fingerprint density at radius 1 is 1.21 bits per heavy atom. The largest absolute Gasteiger partial charge is 0.486 e. The number of halogens is 1. The standard InChI is InChI=1S/C27H30ClNO5/c1-6-32-26(31)23-16(3)29-20-12-27(4,5)13-21(30)24(20)25(23)22-10-8-18(34-22)14-33-17-7-9-19(28)15(2)11-17/h7-11,25,29H,6,12-14H2,1-5H3/t25-/m0/s1. The molecule has 2 aliphatic rings. The fourth-order valence-electron chi connectivity index (χ4n) is 4.69. The Morgan fingerprint density at radius 2 is 1.97 bits per heavy atom. The van der Waals surface area contributed by atoms with Gasteiger partial charge in [-0.3, -0.25) is 4.79 Å². The van der Waals surface area contributed by atoms with Gasteiger partial charge >= 0.3 is 5.97 Å². The summed E-state index contributed by atoms with van der Waals surface area (Å²) in [6.45, 7) is 10.1. The summed E-state index contributed by atoms with van der Waals surface area (Å²) in [6.07, 6.45) is 1.12. The summed E-state index contributed by atoms with van der Waals surface area (Å²) in [7, 11) is 0. The molecular weight excluding hydrogens is 454 g/mol. The van der Waals surface area contributed by atoms with Crippen LogP contribution in [-0.4, -0.2) is 18.4 Å². The summed E-state index contributed by atoms with van der Waals surface area (Å²) in [5, 5.41) is 3.99. The number of carbonyl (C=O) groups is 2. The molecule has 180 valence electrons. The molecule has 0 bridgehead atoms. The predicted molar refractivity (Wildman–Crippen MR) is 129 cm³/mol. The minimum absolute atomic E-state index is 0.0175. The van der Waals surface area contributed by atoms with Crippen LogP contribution in [0.5, 0.6) is 5.75 Å². The van der Waals surface area contributed by atoms with Crippen LogP contribution in [0.25, 0.3) is 0 Å². The number of hydrogen-bond donors (Lipinski definition) is 1. The average molecular weight is 484 g/mol. The molecule has 7 heteroatoms. The van der Waals surface area contributed by atoms with Gasteiger partial charge in [-0.25, -0.2) is 4.79 Å². The van der Waals surface area contributed by atoms with E-state index in [0.717, 1.165) is 11.3 Å². The molecule has 0 fully saturated rings. The number of furan rings is 1. The van der Waals surface area contributed by atoms with Crippen molar-refractivity contribution in [3.8, 4) is 5.75 Å². The maximum atomic E-state index is 13.3.